The normalized spacial score (nSPS) is 19.7. The lowest BCUT2D eigenvalue weighted by molar-refractivity contribution is -0.246. The monoisotopic (exact) mass is 414 g/mol. The second-order valence-electron chi connectivity index (χ2n) is 5.95. The Morgan fingerprint density at radius 1 is 0.962 bits per heavy atom. The van der Waals surface area contributed by atoms with Crippen LogP contribution in [0, 0.1) is 0 Å². The Morgan fingerprint density at radius 3 is 1.81 bits per heavy atom. The van der Waals surface area contributed by atoms with E-state index in [1.807, 2.05) is 0 Å². The van der Waals surface area contributed by atoms with Gasteiger partial charge in [-0.05, 0) is 6.42 Å². The van der Waals surface area contributed by atoms with Gasteiger partial charge in [-0.2, -0.15) is 25.2 Å². The third-order valence-electron chi connectivity index (χ3n) is 3.83. The molecule has 0 radical (unpaired) electrons. The maximum atomic E-state index is 11.5. The molecule has 2 heterocycles. The van der Waals surface area contributed by atoms with E-state index in [1.165, 1.54) is 12.4 Å². The molecule has 0 bridgehead atoms. The quantitative estimate of drug-likeness (QED) is 0.387. The second-order valence-corrected chi connectivity index (χ2v) is 8.00. The van der Waals surface area contributed by atoms with Crippen molar-refractivity contribution in [3.63, 3.8) is 0 Å². The molecule has 0 amide bonds. The average Bonchev–Trinajstić information content (AvgIpc) is 3.05. The molecule has 14 heteroatoms. The fourth-order valence-corrected chi connectivity index (χ4v) is 4.03. The van der Waals surface area contributed by atoms with Crippen molar-refractivity contribution >= 4 is 20.8 Å². The third-order valence-corrected chi connectivity index (χ3v) is 4.73. The van der Waals surface area contributed by atoms with Gasteiger partial charge < -0.3 is 19.6 Å². The molecule has 2 rings (SSSR count). The number of hydrogen-bond acceptors (Lipinski definition) is 10. The van der Waals surface area contributed by atoms with Crippen LogP contribution >= 0.6 is 0 Å². The molecule has 2 aliphatic rings. The van der Waals surface area contributed by atoms with Gasteiger partial charge in [-0.3, -0.25) is 9.11 Å². The Morgan fingerprint density at radius 2 is 1.46 bits per heavy atom. The van der Waals surface area contributed by atoms with Gasteiger partial charge in [0.2, 0.25) is 0 Å². The highest BCUT2D eigenvalue weighted by molar-refractivity contribution is 7.81. The number of nitrogens with zero attached hydrogens (tertiary/aromatic N) is 4. The summed E-state index contributed by atoms with van der Waals surface area (Å²) in [7, 11) is -6.94. The first-order valence-electron chi connectivity index (χ1n) is 7.52. The fraction of sp³-hybridized carbons (Fsp3) is 0.667. The number of rotatable bonds is 8. The van der Waals surface area contributed by atoms with Crippen molar-refractivity contribution in [3.05, 3.63) is 24.8 Å². The van der Waals surface area contributed by atoms with Crippen LogP contribution in [0.1, 0.15) is 13.3 Å². The lowest BCUT2D eigenvalue weighted by atomic mass is 10.1. The predicted octanol–water partition coefficient (Wildman–Crippen LogP) is -0.590. The van der Waals surface area contributed by atoms with Crippen LogP contribution in [0.25, 0.3) is 0 Å². The van der Waals surface area contributed by atoms with Crippen LogP contribution in [0.2, 0.25) is 0 Å². The highest BCUT2D eigenvalue weighted by Gasteiger charge is 2.55. The molecular weight excluding hydrogens is 392 g/mol. The summed E-state index contributed by atoms with van der Waals surface area (Å²) in [5, 5.41) is 0. The first-order valence-corrected chi connectivity index (χ1v) is 10.2. The van der Waals surface area contributed by atoms with Gasteiger partial charge in [0.1, 0.15) is 6.04 Å². The summed E-state index contributed by atoms with van der Waals surface area (Å²) in [6.07, 6.45) is 6.28. The Hall–Kier alpha value is -1.58. The molecule has 1 atom stereocenters. The third kappa shape index (κ3) is 4.77. The first-order chi connectivity index (χ1) is 11.9. The Labute approximate surface area is 152 Å². The summed E-state index contributed by atoms with van der Waals surface area (Å²) in [4.78, 5) is 6.03. The van der Waals surface area contributed by atoms with Crippen molar-refractivity contribution < 1.29 is 34.3 Å². The van der Waals surface area contributed by atoms with Crippen molar-refractivity contribution in [2.45, 2.75) is 25.3 Å². The summed E-state index contributed by atoms with van der Waals surface area (Å²) in [5.74, 6) is -2.58. The topological polar surface area (TPSA) is 140 Å². The highest BCUT2D eigenvalue weighted by atomic mass is 32.3. The molecule has 1 unspecified atom stereocenters. The molecule has 0 aromatic rings. The molecule has 12 nitrogen and oxygen atoms in total. The summed E-state index contributed by atoms with van der Waals surface area (Å²) in [6, 6.07) is -1.04. The zero-order valence-electron chi connectivity index (χ0n) is 14.5. The molecule has 0 saturated heterocycles. The Balaban J connectivity index is 2.59. The Kier molecular flexibility index (Phi) is 5.74. The molecule has 150 valence electrons. The molecule has 0 fully saturated rings. The molecule has 26 heavy (non-hydrogen) atoms. The van der Waals surface area contributed by atoms with Crippen molar-refractivity contribution in [1.82, 2.24) is 19.6 Å². The summed E-state index contributed by atoms with van der Waals surface area (Å²) >= 11 is 0. The smallest absolute Gasteiger partial charge is 0.362 e. The van der Waals surface area contributed by atoms with E-state index in [-0.39, 0.29) is 19.8 Å². The van der Waals surface area contributed by atoms with Crippen LogP contribution in [0.3, 0.4) is 0 Å². The van der Waals surface area contributed by atoms with E-state index in [9.17, 15) is 25.9 Å². The zero-order valence-corrected chi connectivity index (χ0v) is 16.1. The molecule has 2 N–H and O–H groups in total. The van der Waals surface area contributed by atoms with Gasteiger partial charge in [-0.25, -0.2) is 0 Å². The second kappa shape index (κ2) is 7.21. The SMILES string of the molecule is CCC(N1C=CN(C)C1)C(OS(=O)(=O)O)(OS(=O)(=O)O)N1C=CN(C)C1. The van der Waals surface area contributed by atoms with Crippen LogP contribution < -0.4 is 0 Å². The van der Waals surface area contributed by atoms with E-state index in [4.69, 9.17) is 8.37 Å². The van der Waals surface area contributed by atoms with Gasteiger partial charge in [0.25, 0.3) is 0 Å². The minimum absolute atomic E-state index is 0.0189. The molecule has 0 aliphatic carbocycles. The van der Waals surface area contributed by atoms with Crippen LogP contribution in [0.15, 0.2) is 24.8 Å². The van der Waals surface area contributed by atoms with E-state index in [0.717, 1.165) is 4.90 Å². The molecule has 0 saturated carbocycles. The minimum Gasteiger partial charge on any atom is -0.362 e. The highest BCUT2D eigenvalue weighted by Crippen LogP contribution is 2.35. The van der Waals surface area contributed by atoms with Gasteiger partial charge in [0.05, 0.1) is 13.3 Å². The van der Waals surface area contributed by atoms with Gasteiger partial charge in [0, 0.05) is 38.9 Å². The minimum atomic E-state index is -5.17. The summed E-state index contributed by atoms with van der Waals surface area (Å²) in [5.41, 5.74) is 0. The number of hydrogen-bond donors (Lipinski definition) is 2. The van der Waals surface area contributed by atoms with Crippen molar-refractivity contribution in [2.75, 3.05) is 27.4 Å². The molecule has 0 aromatic heterocycles. The van der Waals surface area contributed by atoms with Crippen LogP contribution in [-0.2, 0) is 29.2 Å². The van der Waals surface area contributed by atoms with Gasteiger partial charge in [-0.1, -0.05) is 6.92 Å². The van der Waals surface area contributed by atoms with Crippen LogP contribution in [0.5, 0.6) is 0 Å². The summed E-state index contributed by atoms with van der Waals surface area (Å²) < 4.78 is 74.2. The maximum absolute atomic E-state index is 11.5. The van der Waals surface area contributed by atoms with Crippen molar-refractivity contribution in [1.29, 1.82) is 0 Å². The van der Waals surface area contributed by atoms with Gasteiger partial charge in [-0.15, -0.1) is 0 Å². The van der Waals surface area contributed by atoms with Crippen molar-refractivity contribution in [2.24, 2.45) is 0 Å². The zero-order chi connectivity index (χ0) is 19.8. The van der Waals surface area contributed by atoms with Gasteiger partial charge in [0.15, 0.2) is 0 Å². The lowest BCUT2D eigenvalue weighted by Gasteiger charge is -2.45. The van der Waals surface area contributed by atoms with E-state index in [1.54, 1.807) is 48.1 Å². The molecule has 2 aliphatic heterocycles. The van der Waals surface area contributed by atoms with E-state index in [2.05, 4.69) is 0 Å². The Bertz CT molecular complexity index is 747. The largest absolute Gasteiger partial charge is 0.401 e. The van der Waals surface area contributed by atoms with Crippen molar-refractivity contribution in [3.8, 4) is 0 Å². The lowest BCUT2D eigenvalue weighted by Crippen LogP contribution is -2.64. The fourth-order valence-electron chi connectivity index (χ4n) is 2.90. The standard InChI is InChI=1S/C12H22N4O8S2/c1-4-11(15-7-5-13(2)9-15)12(23-25(17,18)19,24-26(20,21)22)16-8-6-14(3)10-16/h5-8,11H,4,9-10H2,1-3H3,(H,17,18,19)(H,20,21,22). The van der Waals surface area contributed by atoms with E-state index in [0.29, 0.717) is 0 Å². The van der Waals surface area contributed by atoms with Crippen LogP contribution in [-0.4, -0.2) is 84.9 Å². The van der Waals surface area contributed by atoms with E-state index < -0.39 is 32.8 Å². The average molecular weight is 414 g/mol. The molecule has 0 spiro atoms. The molecular formula is C12H22N4O8S2. The van der Waals surface area contributed by atoms with E-state index >= 15 is 0 Å². The first kappa shape index (κ1) is 20.7. The van der Waals surface area contributed by atoms with Gasteiger partial charge >= 0.3 is 26.7 Å². The predicted molar refractivity (Wildman–Crippen MR) is 89.3 cm³/mol. The summed E-state index contributed by atoms with van der Waals surface area (Å²) in [6.45, 7) is 1.90. The molecule has 0 aromatic carbocycles. The van der Waals surface area contributed by atoms with Crippen LogP contribution in [0.4, 0.5) is 0 Å². The maximum Gasteiger partial charge on any atom is 0.401 e.